The van der Waals surface area contributed by atoms with Crippen molar-refractivity contribution in [3.63, 3.8) is 0 Å². The van der Waals surface area contributed by atoms with Gasteiger partial charge in [-0.2, -0.15) is 0 Å². The van der Waals surface area contributed by atoms with E-state index >= 15 is 0 Å². The molecule has 2 nitrogen and oxygen atoms in total. The molecular weight excluding hydrogens is 232 g/mol. The van der Waals surface area contributed by atoms with Crippen LogP contribution in [0.4, 0.5) is 0 Å². The van der Waals surface area contributed by atoms with Crippen LogP contribution in [-0.2, 0) is 0 Å². The van der Waals surface area contributed by atoms with Crippen LogP contribution in [0.15, 0.2) is 0 Å². The molecule has 1 N–H and O–H groups in total. The van der Waals surface area contributed by atoms with Crippen molar-refractivity contribution >= 4 is 0 Å². The fourth-order valence-electron chi connectivity index (χ4n) is 3.96. The van der Waals surface area contributed by atoms with Crippen LogP contribution in [0.1, 0.15) is 65.2 Å². The Balaban J connectivity index is 1.59. The van der Waals surface area contributed by atoms with Crippen molar-refractivity contribution in [1.29, 1.82) is 0 Å². The minimum Gasteiger partial charge on any atom is -0.316 e. The Hall–Kier alpha value is -0.0800. The number of likely N-dealkylation sites (tertiary alicyclic amines) is 1. The van der Waals surface area contributed by atoms with E-state index < -0.39 is 0 Å². The van der Waals surface area contributed by atoms with Crippen molar-refractivity contribution < 1.29 is 0 Å². The van der Waals surface area contributed by atoms with E-state index in [4.69, 9.17) is 0 Å². The van der Waals surface area contributed by atoms with Gasteiger partial charge in [0.05, 0.1) is 0 Å². The molecule has 0 radical (unpaired) electrons. The van der Waals surface area contributed by atoms with Crippen molar-refractivity contribution in [2.75, 3.05) is 26.2 Å². The Bertz CT molecular complexity index is 237. The molecule has 1 aliphatic carbocycles. The summed E-state index contributed by atoms with van der Waals surface area (Å²) in [7, 11) is 0. The van der Waals surface area contributed by atoms with Crippen LogP contribution in [0.2, 0.25) is 0 Å². The van der Waals surface area contributed by atoms with E-state index in [9.17, 15) is 0 Å². The summed E-state index contributed by atoms with van der Waals surface area (Å²) in [5.41, 5.74) is 0. The molecule has 2 fully saturated rings. The van der Waals surface area contributed by atoms with Gasteiger partial charge < -0.3 is 10.2 Å². The predicted octanol–water partition coefficient (Wildman–Crippen LogP) is 3.67. The number of hydrogen-bond donors (Lipinski definition) is 1. The summed E-state index contributed by atoms with van der Waals surface area (Å²) in [6, 6.07) is 0.950. The van der Waals surface area contributed by atoms with Gasteiger partial charge in [0.2, 0.25) is 0 Å². The van der Waals surface area contributed by atoms with E-state index in [2.05, 4.69) is 24.1 Å². The molecule has 1 aliphatic heterocycles. The molecule has 0 bridgehead atoms. The highest BCUT2D eigenvalue weighted by atomic mass is 15.2. The monoisotopic (exact) mass is 266 g/mol. The minimum absolute atomic E-state index is 0.782. The van der Waals surface area contributed by atoms with Crippen LogP contribution in [0.25, 0.3) is 0 Å². The summed E-state index contributed by atoms with van der Waals surface area (Å²) < 4.78 is 0. The maximum absolute atomic E-state index is 3.56. The molecule has 2 aliphatic rings. The first-order valence-corrected chi connectivity index (χ1v) is 8.72. The van der Waals surface area contributed by atoms with Crippen molar-refractivity contribution in [3.05, 3.63) is 0 Å². The van der Waals surface area contributed by atoms with Gasteiger partial charge in [0, 0.05) is 6.04 Å². The van der Waals surface area contributed by atoms with Gasteiger partial charge in [-0.15, -0.1) is 0 Å². The Morgan fingerprint density at radius 1 is 1.05 bits per heavy atom. The lowest BCUT2D eigenvalue weighted by Crippen LogP contribution is -2.47. The zero-order chi connectivity index (χ0) is 13.5. The summed E-state index contributed by atoms with van der Waals surface area (Å²) in [6.07, 6.45) is 11.7. The number of piperidine rings is 1. The third kappa shape index (κ3) is 5.07. The molecule has 2 heteroatoms. The first kappa shape index (κ1) is 15.3. The van der Waals surface area contributed by atoms with Gasteiger partial charge in [0.25, 0.3) is 0 Å². The molecule has 2 rings (SSSR count). The molecule has 112 valence electrons. The zero-order valence-corrected chi connectivity index (χ0v) is 13.2. The molecule has 0 spiro atoms. The van der Waals surface area contributed by atoms with Gasteiger partial charge in [-0.3, -0.25) is 0 Å². The smallest absolute Gasteiger partial charge is 0.0123 e. The summed E-state index contributed by atoms with van der Waals surface area (Å²) in [6.45, 7) is 9.67. The minimum atomic E-state index is 0.782. The normalized spacial score (nSPS) is 28.6. The van der Waals surface area contributed by atoms with E-state index in [-0.39, 0.29) is 0 Å². The number of unbranched alkanes of at least 4 members (excludes halogenated alkanes) is 1. The van der Waals surface area contributed by atoms with Gasteiger partial charge in [-0.1, -0.05) is 26.7 Å². The zero-order valence-electron chi connectivity index (χ0n) is 13.2. The second-order valence-corrected chi connectivity index (χ2v) is 7.10. The van der Waals surface area contributed by atoms with Crippen LogP contribution in [0, 0.1) is 11.8 Å². The third-order valence-electron chi connectivity index (χ3n) is 4.96. The Kier molecular flexibility index (Phi) is 6.66. The number of rotatable bonds is 7. The standard InChI is InChI=1S/C17H34N2/c1-15(2)14-18-11-5-6-12-19-13-7-9-16-8-3-4-10-17(16)19/h15-18H,3-14H2,1-2H3/t16-,17-/m1/s1. The fourth-order valence-corrected chi connectivity index (χ4v) is 3.96. The Morgan fingerprint density at radius 3 is 2.68 bits per heavy atom. The molecular formula is C17H34N2. The first-order valence-electron chi connectivity index (χ1n) is 8.72. The lowest BCUT2D eigenvalue weighted by Gasteiger charge is -2.44. The van der Waals surface area contributed by atoms with E-state index in [0.29, 0.717) is 0 Å². The van der Waals surface area contributed by atoms with Crippen molar-refractivity contribution in [1.82, 2.24) is 10.2 Å². The van der Waals surface area contributed by atoms with Crippen molar-refractivity contribution in [2.24, 2.45) is 11.8 Å². The number of hydrogen-bond acceptors (Lipinski definition) is 2. The van der Waals surface area contributed by atoms with Crippen LogP contribution in [0.3, 0.4) is 0 Å². The molecule has 1 saturated heterocycles. The summed E-state index contributed by atoms with van der Waals surface area (Å²) in [5, 5.41) is 3.56. The van der Waals surface area contributed by atoms with Gasteiger partial charge in [0.1, 0.15) is 0 Å². The lowest BCUT2D eigenvalue weighted by molar-refractivity contribution is 0.0597. The van der Waals surface area contributed by atoms with Crippen LogP contribution in [-0.4, -0.2) is 37.1 Å². The fraction of sp³-hybridized carbons (Fsp3) is 1.00. The predicted molar refractivity (Wildman–Crippen MR) is 83.5 cm³/mol. The summed E-state index contributed by atoms with van der Waals surface area (Å²) in [5.74, 6) is 1.83. The van der Waals surface area contributed by atoms with Crippen LogP contribution in [0.5, 0.6) is 0 Å². The van der Waals surface area contributed by atoms with Gasteiger partial charge in [-0.05, 0) is 76.5 Å². The second kappa shape index (κ2) is 8.26. The van der Waals surface area contributed by atoms with E-state index in [0.717, 1.165) is 17.9 Å². The van der Waals surface area contributed by atoms with E-state index in [1.807, 2.05) is 0 Å². The maximum atomic E-state index is 3.56. The van der Waals surface area contributed by atoms with Gasteiger partial charge in [-0.25, -0.2) is 0 Å². The summed E-state index contributed by atoms with van der Waals surface area (Å²) >= 11 is 0. The van der Waals surface area contributed by atoms with Crippen LogP contribution < -0.4 is 5.32 Å². The molecule has 1 saturated carbocycles. The highest BCUT2D eigenvalue weighted by Gasteiger charge is 2.32. The maximum Gasteiger partial charge on any atom is 0.0123 e. The molecule has 1 heterocycles. The van der Waals surface area contributed by atoms with E-state index in [1.165, 1.54) is 77.5 Å². The Morgan fingerprint density at radius 2 is 1.84 bits per heavy atom. The average Bonchev–Trinajstić information content (AvgIpc) is 2.42. The number of nitrogens with one attached hydrogen (secondary N) is 1. The first-order chi connectivity index (χ1) is 9.27. The molecule has 0 aromatic heterocycles. The highest BCUT2D eigenvalue weighted by molar-refractivity contribution is 4.87. The van der Waals surface area contributed by atoms with Gasteiger partial charge >= 0.3 is 0 Å². The second-order valence-electron chi connectivity index (χ2n) is 7.10. The number of fused-ring (bicyclic) bond motifs is 1. The van der Waals surface area contributed by atoms with Crippen LogP contribution >= 0.6 is 0 Å². The molecule has 0 unspecified atom stereocenters. The third-order valence-corrected chi connectivity index (χ3v) is 4.96. The molecule has 0 aromatic rings. The molecule has 0 aromatic carbocycles. The average molecular weight is 266 g/mol. The molecule has 0 amide bonds. The van der Waals surface area contributed by atoms with Crippen molar-refractivity contribution in [3.8, 4) is 0 Å². The topological polar surface area (TPSA) is 15.3 Å². The Labute approximate surface area is 120 Å². The highest BCUT2D eigenvalue weighted by Crippen LogP contribution is 2.35. The van der Waals surface area contributed by atoms with Crippen molar-refractivity contribution in [2.45, 2.75) is 71.3 Å². The molecule has 19 heavy (non-hydrogen) atoms. The van der Waals surface area contributed by atoms with E-state index in [1.54, 1.807) is 0 Å². The quantitative estimate of drug-likeness (QED) is 0.707. The number of nitrogens with zero attached hydrogens (tertiary/aromatic N) is 1. The SMILES string of the molecule is CC(C)CNCCCCN1CCC[C@H]2CCCC[C@H]21. The van der Waals surface area contributed by atoms with Gasteiger partial charge in [0.15, 0.2) is 0 Å². The largest absolute Gasteiger partial charge is 0.316 e. The summed E-state index contributed by atoms with van der Waals surface area (Å²) in [4.78, 5) is 2.83. The lowest BCUT2D eigenvalue weighted by atomic mass is 9.78. The molecule has 2 atom stereocenters.